The maximum Gasteiger partial charge on any atom is 0.255 e. The highest BCUT2D eigenvalue weighted by Gasteiger charge is 2.26. The van der Waals surface area contributed by atoms with E-state index in [4.69, 9.17) is 4.74 Å². The van der Waals surface area contributed by atoms with Crippen LogP contribution in [0.2, 0.25) is 0 Å². The molecule has 3 aromatic rings. The number of carbonyl (C=O) groups excluding carboxylic acids is 1. The van der Waals surface area contributed by atoms with Crippen LogP contribution >= 0.6 is 0 Å². The van der Waals surface area contributed by atoms with Crippen molar-refractivity contribution in [3.05, 3.63) is 89.5 Å². The SMILES string of the molecule is COc1ccc(C(=O)Nc2ccc(F)cc2F)cc1S(=O)(=O)N(C)Cc1ccccc1. The van der Waals surface area contributed by atoms with E-state index in [1.807, 2.05) is 6.07 Å². The molecule has 0 aliphatic heterocycles. The summed E-state index contributed by atoms with van der Waals surface area (Å²) in [6.07, 6.45) is 0. The zero-order valence-electron chi connectivity index (χ0n) is 16.8. The molecular weight excluding hydrogens is 426 g/mol. The Labute approximate surface area is 179 Å². The lowest BCUT2D eigenvalue weighted by atomic mass is 10.2. The lowest BCUT2D eigenvalue weighted by molar-refractivity contribution is 0.102. The van der Waals surface area contributed by atoms with E-state index in [2.05, 4.69) is 5.32 Å². The fourth-order valence-electron chi connectivity index (χ4n) is 2.90. The van der Waals surface area contributed by atoms with Gasteiger partial charge >= 0.3 is 0 Å². The fourth-order valence-corrected chi connectivity index (χ4v) is 4.23. The van der Waals surface area contributed by atoms with Gasteiger partial charge in [-0.2, -0.15) is 4.31 Å². The predicted octanol–water partition coefficient (Wildman–Crippen LogP) is 4.05. The highest BCUT2D eigenvalue weighted by Crippen LogP contribution is 2.28. The molecule has 0 aliphatic rings. The van der Waals surface area contributed by atoms with Gasteiger partial charge in [0.1, 0.15) is 22.3 Å². The summed E-state index contributed by atoms with van der Waals surface area (Å²) in [5.74, 6) is -2.42. The van der Waals surface area contributed by atoms with Gasteiger partial charge < -0.3 is 10.1 Å². The second-order valence-corrected chi connectivity index (χ2v) is 8.70. The normalized spacial score (nSPS) is 11.4. The van der Waals surface area contributed by atoms with Crippen LogP contribution in [-0.4, -0.2) is 32.8 Å². The molecule has 162 valence electrons. The van der Waals surface area contributed by atoms with Gasteiger partial charge in [-0.1, -0.05) is 30.3 Å². The van der Waals surface area contributed by atoms with Gasteiger partial charge in [-0.25, -0.2) is 17.2 Å². The van der Waals surface area contributed by atoms with Crippen molar-refractivity contribution >= 4 is 21.6 Å². The molecule has 0 bridgehead atoms. The molecule has 0 spiro atoms. The molecule has 0 aliphatic carbocycles. The summed E-state index contributed by atoms with van der Waals surface area (Å²) in [5.41, 5.74) is 0.525. The van der Waals surface area contributed by atoms with E-state index < -0.39 is 27.6 Å². The Morgan fingerprint density at radius 2 is 1.74 bits per heavy atom. The summed E-state index contributed by atoms with van der Waals surface area (Å²) < 4.78 is 59.5. The lowest BCUT2D eigenvalue weighted by Crippen LogP contribution is -2.27. The third kappa shape index (κ3) is 5.07. The van der Waals surface area contributed by atoms with Crippen molar-refractivity contribution in [3.8, 4) is 5.75 Å². The molecule has 6 nitrogen and oxygen atoms in total. The van der Waals surface area contributed by atoms with Crippen LogP contribution < -0.4 is 10.1 Å². The van der Waals surface area contributed by atoms with Crippen LogP contribution in [0.3, 0.4) is 0 Å². The monoisotopic (exact) mass is 446 g/mol. The molecule has 0 fully saturated rings. The van der Waals surface area contributed by atoms with E-state index in [9.17, 15) is 22.0 Å². The number of benzene rings is 3. The number of ether oxygens (including phenoxy) is 1. The van der Waals surface area contributed by atoms with Gasteiger partial charge in [0.25, 0.3) is 5.91 Å². The van der Waals surface area contributed by atoms with E-state index in [-0.39, 0.29) is 28.4 Å². The highest BCUT2D eigenvalue weighted by atomic mass is 32.2. The molecule has 1 amide bonds. The average molecular weight is 446 g/mol. The molecule has 0 saturated heterocycles. The summed E-state index contributed by atoms with van der Waals surface area (Å²) in [6.45, 7) is 0.115. The van der Waals surface area contributed by atoms with Crippen LogP contribution in [0, 0.1) is 11.6 Å². The van der Waals surface area contributed by atoms with Crippen LogP contribution in [0.1, 0.15) is 15.9 Å². The minimum atomic E-state index is -4.02. The quantitative estimate of drug-likeness (QED) is 0.594. The summed E-state index contributed by atoms with van der Waals surface area (Å²) in [7, 11) is -1.28. The van der Waals surface area contributed by atoms with Crippen LogP contribution in [0.5, 0.6) is 5.75 Å². The largest absolute Gasteiger partial charge is 0.495 e. The summed E-state index contributed by atoms with van der Waals surface area (Å²) >= 11 is 0. The minimum absolute atomic E-state index is 0.0313. The van der Waals surface area contributed by atoms with E-state index in [1.54, 1.807) is 24.3 Å². The molecule has 0 aromatic heterocycles. The third-order valence-electron chi connectivity index (χ3n) is 4.54. The van der Waals surface area contributed by atoms with Crippen molar-refractivity contribution in [3.63, 3.8) is 0 Å². The number of carbonyl (C=O) groups is 1. The van der Waals surface area contributed by atoms with Crippen LogP contribution in [-0.2, 0) is 16.6 Å². The zero-order valence-corrected chi connectivity index (χ0v) is 17.6. The number of rotatable bonds is 7. The van der Waals surface area contributed by atoms with Gasteiger partial charge in [0.15, 0.2) is 0 Å². The molecule has 0 unspecified atom stereocenters. The molecule has 3 rings (SSSR count). The fraction of sp³-hybridized carbons (Fsp3) is 0.136. The molecule has 0 atom stereocenters. The topological polar surface area (TPSA) is 75.7 Å². The Bertz CT molecular complexity index is 1200. The van der Waals surface area contributed by atoms with Crippen molar-refractivity contribution in [2.45, 2.75) is 11.4 Å². The summed E-state index contributed by atoms with van der Waals surface area (Å²) in [4.78, 5) is 12.4. The van der Waals surface area contributed by atoms with Gasteiger partial charge in [0, 0.05) is 25.2 Å². The summed E-state index contributed by atoms with van der Waals surface area (Å²) in [6, 6.07) is 15.6. The first-order chi connectivity index (χ1) is 14.7. The first kappa shape index (κ1) is 22.4. The second kappa shape index (κ2) is 9.23. The molecular formula is C22H20F2N2O4S. The van der Waals surface area contributed by atoms with Crippen molar-refractivity contribution < 1.29 is 26.7 Å². The van der Waals surface area contributed by atoms with Crippen LogP contribution in [0.15, 0.2) is 71.6 Å². The number of sulfonamides is 1. The Morgan fingerprint density at radius 3 is 2.39 bits per heavy atom. The number of hydrogen-bond donors (Lipinski definition) is 1. The second-order valence-electron chi connectivity index (χ2n) is 6.69. The molecule has 3 aromatic carbocycles. The molecule has 0 heterocycles. The lowest BCUT2D eigenvalue weighted by Gasteiger charge is -2.19. The van der Waals surface area contributed by atoms with Gasteiger partial charge in [0.2, 0.25) is 10.0 Å². The zero-order chi connectivity index (χ0) is 22.6. The maximum absolute atomic E-state index is 13.8. The summed E-state index contributed by atoms with van der Waals surface area (Å²) in [5, 5.41) is 2.31. The Morgan fingerprint density at radius 1 is 1.03 bits per heavy atom. The third-order valence-corrected chi connectivity index (χ3v) is 6.37. The number of methoxy groups -OCH3 is 1. The maximum atomic E-state index is 13.8. The standard InChI is InChI=1S/C22H20F2N2O4S/c1-26(14-15-6-4-3-5-7-15)31(28,29)21-12-16(8-11-20(21)30-2)22(27)25-19-10-9-17(23)13-18(19)24/h3-13H,14H2,1-2H3,(H,25,27). The van der Waals surface area contributed by atoms with E-state index in [0.29, 0.717) is 6.07 Å². The Balaban J connectivity index is 1.91. The van der Waals surface area contributed by atoms with Gasteiger partial charge in [0.05, 0.1) is 12.8 Å². The van der Waals surface area contributed by atoms with Crippen molar-refractivity contribution in [1.82, 2.24) is 4.31 Å². The average Bonchev–Trinajstić information content (AvgIpc) is 2.75. The van der Waals surface area contributed by atoms with Crippen LogP contribution in [0.25, 0.3) is 0 Å². The van der Waals surface area contributed by atoms with E-state index in [0.717, 1.165) is 28.1 Å². The number of anilines is 1. The molecule has 0 radical (unpaired) electrons. The number of nitrogens with one attached hydrogen (secondary N) is 1. The van der Waals surface area contributed by atoms with E-state index in [1.165, 1.54) is 26.3 Å². The van der Waals surface area contributed by atoms with E-state index >= 15 is 0 Å². The first-order valence-corrected chi connectivity index (χ1v) is 10.6. The Hall–Kier alpha value is -3.30. The number of nitrogens with zero attached hydrogens (tertiary/aromatic N) is 1. The van der Waals surface area contributed by atoms with Crippen molar-refractivity contribution in [2.75, 3.05) is 19.5 Å². The van der Waals surface area contributed by atoms with Gasteiger partial charge in [-0.05, 0) is 35.9 Å². The number of halogens is 2. The molecule has 9 heteroatoms. The molecule has 0 saturated carbocycles. The smallest absolute Gasteiger partial charge is 0.255 e. The van der Waals surface area contributed by atoms with Crippen molar-refractivity contribution in [1.29, 1.82) is 0 Å². The van der Waals surface area contributed by atoms with Crippen molar-refractivity contribution in [2.24, 2.45) is 0 Å². The highest BCUT2D eigenvalue weighted by molar-refractivity contribution is 7.89. The Kier molecular flexibility index (Phi) is 6.67. The van der Waals surface area contributed by atoms with Gasteiger partial charge in [-0.15, -0.1) is 0 Å². The number of hydrogen-bond acceptors (Lipinski definition) is 4. The molecule has 31 heavy (non-hydrogen) atoms. The van der Waals surface area contributed by atoms with Crippen LogP contribution in [0.4, 0.5) is 14.5 Å². The predicted molar refractivity (Wildman–Crippen MR) is 112 cm³/mol. The first-order valence-electron chi connectivity index (χ1n) is 9.17. The number of amides is 1. The minimum Gasteiger partial charge on any atom is -0.495 e. The molecule has 1 N–H and O–H groups in total. The van der Waals surface area contributed by atoms with Gasteiger partial charge in [-0.3, -0.25) is 4.79 Å².